The Morgan fingerprint density at radius 2 is 1.77 bits per heavy atom. The minimum absolute atomic E-state index is 0.00849. The quantitative estimate of drug-likeness (QED) is 0.404. The van der Waals surface area contributed by atoms with Crippen molar-refractivity contribution in [2.45, 2.75) is 18.4 Å². The first kappa shape index (κ1) is 24.0. The first-order chi connectivity index (χ1) is 16.8. The van der Waals surface area contributed by atoms with Crippen LogP contribution in [0.4, 0.5) is 11.4 Å². The van der Waals surface area contributed by atoms with Crippen molar-refractivity contribution in [1.82, 2.24) is 9.55 Å². The van der Waals surface area contributed by atoms with Gasteiger partial charge in [-0.3, -0.25) is 18.5 Å². The minimum Gasteiger partial charge on any atom is -0.495 e. The Labute approximate surface area is 202 Å². The number of nitrogens with one attached hydrogen (secondary N) is 1. The van der Waals surface area contributed by atoms with Crippen LogP contribution in [0.5, 0.6) is 5.75 Å². The van der Waals surface area contributed by atoms with E-state index in [2.05, 4.69) is 10.3 Å². The van der Waals surface area contributed by atoms with Gasteiger partial charge < -0.3 is 10.1 Å². The molecule has 1 N–H and O–H groups in total. The van der Waals surface area contributed by atoms with Gasteiger partial charge in [0, 0.05) is 6.54 Å². The van der Waals surface area contributed by atoms with E-state index in [9.17, 15) is 18.0 Å². The molecule has 3 aromatic carbocycles. The maximum absolute atomic E-state index is 13.4. The summed E-state index contributed by atoms with van der Waals surface area (Å²) in [7, 11) is -2.50. The number of carbonyl (C=O) groups is 1. The highest BCUT2D eigenvalue weighted by atomic mass is 32.2. The molecule has 1 amide bonds. The number of fused-ring (bicyclic) bond motifs is 1. The van der Waals surface area contributed by atoms with Crippen molar-refractivity contribution in [2.24, 2.45) is 0 Å². The van der Waals surface area contributed by atoms with Crippen LogP contribution < -0.4 is 19.9 Å². The molecule has 0 aliphatic carbocycles. The Bertz CT molecular complexity index is 1530. The minimum atomic E-state index is -3.92. The number of anilines is 2. The fourth-order valence-electron chi connectivity index (χ4n) is 3.77. The summed E-state index contributed by atoms with van der Waals surface area (Å²) in [4.78, 5) is 29.4. The van der Waals surface area contributed by atoms with Crippen molar-refractivity contribution in [2.75, 3.05) is 23.3 Å². The predicted octanol–water partition coefficient (Wildman–Crippen LogP) is 3.26. The molecule has 35 heavy (non-hydrogen) atoms. The van der Waals surface area contributed by atoms with Gasteiger partial charge in [0.05, 0.1) is 40.6 Å². The zero-order valence-electron chi connectivity index (χ0n) is 19.2. The van der Waals surface area contributed by atoms with Crippen molar-refractivity contribution in [3.63, 3.8) is 0 Å². The second kappa shape index (κ2) is 9.98. The number of methoxy groups -OCH3 is 1. The SMILES string of the molecule is CCN(c1ccccc1)S(=O)(=O)c1ccc(OC)c(NC(=O)Cn2c(=O)cnc3ccccc32)c1. The van der Waals surface area contributed by atoms with Crippen molar-refractivity contribution in [3.05, 3.63) is 89.3 Å². The first-order valence-electron chi connectivity index (χ1n) is 10.9. The third-order valence-corrected chi connectivity index (χ3v) is 7.32. The van der Waals surface area contributed by atoms with Crippen molar-refractivity contribution in [1.29, 1.82) is 0 Å². The smallest absolute Gasteiger partial charge is 0.269 e. The average Bonchev–Trinajstić information content (AvgIpc) is 2.86. The molecule has 0 saturated carbocycles. The summed E-state index contributed by atoms with van der Waals surface area (Å²) in [5, 5.41) is 2.68. The van der Waals surface area contributed by atoms with Gasteiger partial charge in [0.2, 0.25) is 5.91 Å². The lowest BCUT2D eigenvalue weighted by atomic mass is 10.2. The molecule has 0 spiro atoms. The van der Waals surface area contributed by atoms with Gasteiger partial charge in [0.1, 0.15) is 12.3 Å². The number of hydrogen-bond acceptors (Lipinski definition) is 6. The van der Waals surface area contributed by atoms with Crippen molar-refractivity contribution < 1.29 is 17.9 Å². The summed E-state index contributed by atoms with van der Waals surface area (Å²) in [6, 6.07) is 20.0. The maximum Gasteiger partial charge on any atom is 0.269 e. The third-order valence-electron chi connectivity index (χ3n) is 5.42. The van der Waals surface area contributed by atoms with Crippen LogP contribution >= 0.6 is 0 Å². The first-order valence-corrected chi connectivity index (χ1v) is 12.3. The second-order valence-electron chi connectivity index (χ2n) is 7.59. The highest BCUT2D eigenvalue weighted by Gasteiger charge is 2.25. The fourth-order valence-corrected chi connectivity index (χ4v) is 5.27. The fraction of sp³-hybridized carbons (Fsp3) is 0.160. The lowest BCUT2D eigenvalue weighted by Gasteiger charge is -2.23. The van der Waals surface area contributed by atoms with Crippen LogP contribution in [0.2, 0.25) is 0 Å². The molecule has 4 rings (SSSR count). The van der Waals surface area contributed by atoms with Crippen molar-refractivity contribution >= 4 is 38.3 Å². The van der Waals surface area contributed by atoms with Crippen LogP contribution in [0.15, 0.2) is 88.7 Å². The van der Waals surface area contributed by atoms with E-state index < -0.39 is 21.5 Å². The topological polar surface area (TPSA) is 111 Å². The average molecular weight is 493 g/mol. The molecule has 0 unspecified atom stereocenters. The highest BCUT2D eigenvalue weighted by molar-refractivity contribution is 7.92. The van der Waals surface area contributed by atoms with E-state index in [0.29, 0.717) is 16.7 Å². The van der Waals surface area contributed by atoms with Crippen LogP contribution in [-0.2, 0) is 21.4 Å². The Hall–Kier alpha value is -4.18. The van der Waals surface area contributed by atoms with Gasteiger partial charge in [0.15, 0.2) is 0 Å². The number of aromatic nitrogens is 2. The molecule has 9 nitrogen and oxygen atoms in total. The molecule has 1 aromatic heterocycles. The number of carbonyl (C=O) groups excluding carboxylic acids is 1. The van der Waals surface area contributed by atoms with E-state index in [4.69, 9.17) is 4.74 Å². The number of rotatable bonds is 8. The van der Waals surface area contributed by atoms with E-state index in [1.54, 1.807) is 55.5 Å². The number of amides is 1. The molecule has 0 fully saturated rings. The van der Waals surface area contributed by atoms with E-state index in [1.165, 1.54) is 34.2 Å². The van der Waals surface area contributed by atoms with E-state index in [1.807, 2.05) is 6.07 Å². The zero-order chi connectivity index (χ0) is 25.0. The predicted molar refractivity (Wildman–Crippen MR) is 134 cm³/mol. The monoisotopic (exact) mass is 492 g/mol. The highest BCUT2D eigenvalue weighted by Crippen LogP contribution is 2.30. The standard InChI is InChI=1S/C25H24N4O5S/c1-3-29(18-9-5-4-6-10-18)35(32,33)19-13-14-23(34-2)21(15-19)27-24(30)17-28-22-12-8-7-11-20(22)26-16-25(28)31/h4-16H,3,17H2,1-2H3,(H,27,30). The number of nitrogens with zero attached hydrogens (tertiary/aromatic N) is 3. The third kappa shape index (κ3) is 4.87. The normalized spacial score (nSPS) is 11.3. The van der Waals surface area contributed by atoms with E-state index >= 15 is 0 Å². The van der Waals surface area contributed by atoms with Crippen molar-refractivity contribution in [3.8, 4) is 5.75 Å². The Balaban J connectivity index is 1.66. The van der Waals surface area contributed by atoms with Crippen LogP contribution in [0.1, 0.15) is 6.92 Å². The van der Waals surface area contributed by atoms with Crippen LogP contribution in [0, 0.1) is 0 Å². The maximum atomic E-state index is 13.4. The number of sulfonamides is 1. The van der Waals surface area contributed by atoms with Gasteiger partial charge in [-0.15, -0.1) is 0 Å². The van der Waals surface area contributed by atoms with Crippen LogP contribution in [0.25, 0.3) is 11.0 Å². The number of para-hydroxylation sites is 3. The molecule has 1 heterocycles. The molecule has 0 bridgehead atoms. The summed E-state index contributed by atoms with van der Waals surface area (Å²) in [6.45, 7) is 1.68. The Morgan fingerprint density at radius 3 is 2.49 bits per heavy atom. The van der Waals surface area contributed by atoms with Gasteiger partial charge in [-0.25, -0.2) is 13.4 Å². The Kier molecular flexibility index (Phi) is 6.83. The lowest BCUT2D eigenvalue weighted by Crippen LogP contribution is -2.31. The summed E-state index contributed by atoms with van der Waals surface area (Å²) < 4.78 is 34.7. The zero-order valence-corrected chi connectivity index (χ0v) is 20.0. The van der Waals surface area contributed by atoms with Crippen LogP contribution in [0.3, 0.4) is 0 Å². The molecule has 4 aromatic rings. The molecule has 0 saturated heterocycles. The summed E-state index contributed by atoms with van der Waals surface area (Å²) >= 11 is 0. The van der Waals surface area contributed by atoms with Gasteiger partial charge >= 0.3 is 0 Å². The van der Waals surface area contributed by atoms with Gasteiger partial charge in [-0.05, 0) is 49.4 Å². The summed E-state index contributed by atoms with van der Waals surface area (Å²) in [5.41, 5.74) is 1.36. The van der Waals surface area contributed by atoms with E-state index in [-0.39, 0.29) is 29.4 Å². The molecule has 0 atom stereocenters. The van der Waals surface area contributed by atoms with E-state index in [0.717, 1.165) is 6.20 Å². The number of ether oxygens (including phenoxy) is 1. The molecule has 180 valence electrons. The van der Waals surface area contributed by atoms with Gasteiger partial charge in [0.25, 0.3) is 15.6 Å². The van der Waals surface area contributed by atoms with Gasteiger partial charge in [-0.1, -0.05) is 30.3 Å². The Morgan fingerprint density at radius 1 is 1.06 bits per heavy atom. The van der Waals surface area contributed by atoms with Gasteiger partial charge in [-0.2, -0.15) is 0 Å². The number of hydrogen-bond donors (Lipinski definition) is 1. The molecular formula is C25H24N4O5S. The molecule has 10 heteroatoms. The second-order valence-corrected chi connectivity index (χ2v) is 9.45. The summed E-state index contributed by atoms with van der Waals surface area (Å²) in [6.07, 6.45) is 1.16. The molecule has 0 radical (unpaired) electrons. The lowest BCUT2D eigenvalue weighted by molar-refractivity contribution is -0.116. The largest absolute Gasteiger partial charge is 0.495 e. The molecular weight excluding hydrogens is 468 g/mol. The molecule has 0 aliphatic rings. The molecule has 0 aliphatic heterocycles. The summed E-state index contributed by atoms with van der Waals surface area (Å²) in [5.74, 6) is -0.237. The number of benzene rings is 3. The van der Waals surface area contributed by atoms with Crippen LogP contribution in [-0.4, -0.2) is 37.5 Å².